The number of non-ortho nitro benzene ring substituents is 1. The highest BCUT2D eigenvalue weighted by Crippen LogP contribution is 2.41. The van der Waals surface area contributed by atoms with Crippen LogP contribution in [-0.4, -0.2) is 56.4 Å². The number of nitrogens with one attached hydrogen (secondary N) is 1. The Morgan fingerprint density at radius 1 is 0.870 bits per heavy atom. The number of nitro groups is 1. The quantitative estimate of drug-likeness (QED) is 0.0504. The molecule has 0 aliphatic heterocycles. The maximum atomic E-state index is 11.5. The van der Waals surface area contributed by atoms with Gasteiger partial charge in [0, 0.05) is 47.8 Å². The van der Waals surface area contributed by atoms with Crippen LogP contribution in [0.1, 0.15) is 19.4 Å². The average Bonchev–Trinajstić information content (AvgIpc) is 3.05. The van der Waals surface area contributed by atoms with Crippen LogP contribution >= 0.6 is 0 Å². The number of anilines is 3. The molecule has 0 amide bonds. The van der Waals surface area contributed by atoms with Crippen LogP contribution in [0, 0.1) is 17.0 Å². The predicted octanol–water partition coefficient (Wildman–Crippen LogP) is 7.12. The van der Waals surface area contributed by atoms with Crippen LogP contribution in [0.3, 0.4) is 0 Å². The lowest BCUT2D eigenvalue weighted by atomic mass is 10.1. The molecule has 46 heavy (non-hydrogen) atoms. The lowest BCUT2D eigenvalue weighted by Gasteiger charge is -2.25. The fourth-order valence-corrected chi connectivity index (χ4v) is 4.15. The van der Waals surface area contributed by atoms with Gasteiger partial charge in [-0.2, -0.15) is 5.11 Å². The number of rotatable bonds is 18. The van der Waals surface area contributed by atoms with Crippen molar-refractivity contribution in [3.05, 3.63) is 95.6 Å². The summed E-state index contributed by atoms with van der Waals surface area (Å²) in [6.07, 6.45) is 2.19. The molecular weight excluding hydrogens is 594 g/mol. The normalized spacial score (nSPS) is 10.6. The molecule has 0 saturated carbocycles. The van der Waals surface area contributed by atoms with Crippen molar-refractivity contribution in [2.24, 2.45) is 10.2 Å². The summed E-state index contributed by atoms with van der Waals surface area (Å²) in [6.45, 7) is 14.1. The van der Waals surface area contributed by atoms with Crippen LogP contribution < -0.4 is 19.7 Å². The molecule has 0 aliphatic carbocycles. The van der Waals surface area contributed by atoms with Crippen LogP contribution in [0.4, 0.5) is 34.1 Å². The van der Waals surface area contributed by atoms with Crippen LogP contribution in [0.5, 0.6) is 11.5 Å². The van der Waals surface area contributed by atoms with Gasteiger partial charge < -0.3 is 29.2 Å². The molecule has 0 aromatic heterocycles. The number of azo groups is 1. The molecule has 13 nitrogen and oxygen atoms in total. The first-order valence-corrected chi connectivity index (χ1v) is 14.5. The van der Waals surface area contributed by atoms with Crippen molar-refractivity contribution < 1.29 is 33.5 Å². The number of hydrogen-bond acceptors (Lipinski definition) is 12. The number of aryl methyl sites for hydroxylation is 1. The molecule has 3 aromatic rings. The number of hydrogen-bond donors (Lipinski definition) is 1. The summed E-state index contributed by atoms with van der Waals surface area (Å²) in [7, 11) is 0. The molecule has 0 aliphatic rings. The number of benzene rings is 3. The zero-order valence-corrected chi connectivity index (χ0v) is 26.1. The third kappa shape index (κ3) is 10.2. The first-order valence-electron chi connectivity index (χ1n) is 14.5. The summed E-state index contributed by atoms with van der Waals surface area (Å²) >= 11 is 0. The summed E-state index contributed by atoms with van der Waals surface area (Å²) in [5, 5.41) is 23.2. The monoisotopic (exact) mass is 631 g/mol. The fourth-order valence-electron chi connectivity index (χ4n) is 4.15. The van der Waals surface area contributed by atoms with Gasteiger partial charge in [-0.1, -0.05) is 13.2 Å². The van der Waals surface area contributed by atoms with Crippen LogP contribution in [0.2, 0.25) is 0 Å². The molecule has 242 valence electrons. The molecule has 0 fully saturated rings. The van der Waals surface area contributed by atoms with E-state index in [1.165, 1.54) is 12.1 Å². The molecule has 0 saturated heterocycles. The summed E-state index contributed by atoms with van der Waals surface area (Å²) in [6, 6.07) is 15.1. The zero-order valence-electron chi connectivity index (χ0n) is 26.1. The van der Waals surface area contributed by atoms with Gasteiger partial charge in [-0.15, -0.1) is 5.11 Å². The second-order valence-electron chi connectivity index (χ2n) is 9.51. The van der Waals surface area contributed by atoms with E-state index in [1.54, 1.807) is 30.3 Å². The molecule has 1 N–H and O–H groups in total. The highest BCUT2D eigenvalue weighted by atomic mass is 16.6. The third-order valence-electron chi connectivity index (χ3n) is 6.37. The molecule has 0 bridgehead atoms. The van der Waals surface area contributed by atoms with Gasteiger partial charge >= 0.3 is 11.9 Å². The molecule has 0 atom stereocenters. The Morgan fingerprint density at radius 3 is 2.00 bits per heavy atom. The number of ether oxygens (including phenoxy) is 4. The zero-order chi connectivity index (χ0) is 33.5. The first kappa shape index (κ1) is 34.8. The van der Waals surface area contributed by atoms with E-state index in [4.69, 9.17) is 18.9 Å². The lowest BCUT2D eigenvalue weighted by molar-refractivity contribution is -0.384. The van der Waals surface area contributed by atoms with Crippen molar-refractivity contribution in [1.29, 1.82) is 0 Å². The smallest absolute Gasteiger partial charge is 0.330 e. The fraction of sp³-hybridized carbons (Fsp3) is 0.273. The Labute approximate surface area is 267 Å². The van der Waals surface area contributed by atoms with Crippen LogP contribution in [-0.2, 0) is 19.1 Å². The lowest BCUT2D eigenvalue weighted by Crippen LogP contribution is -2.32. The maximum Gasteiger partial charge on any atom is 0.330 e. The standard InChI is InChI=1S/C33H37N5O8/c1-6-32(39)45-18-16-37(17-19-46-33(40)7-2)26-14-15-27(23(5)20-26)35-36-29-22-30(43-8-3)28(21-31(29)44-9-4)34-24-10-12-25(13-11-24)38(41)42/h6-7,10-15,20-22,34H,1-2,8-9,16-19H2,3-5H3/b36-35+. The Morgan fingerprint density at radius 2 is 1.46 bits per heavy atom. The van der Waals surface area contributed by atoms with Gasteiger partial charge in [0.1, 0.15) is 30.4 Å². The number of esters is 2. The molecule has 0 radical (unpaired) electrons. The minimum Gasteiger partial charge on any atom is -0.492 e. The van der Waals surface area contributed by atoms with Crippen molar-refractivity contribution in [1.82, 2.24) is 0 Å². The molecule has 0 spiro atoms. The van der Waals surface area contributed by atoms with E-state index in [9.17, 15) is 19.7 Å². The Balaban J connectivity index is 1.86. The highest BCUT2D eigenvalue weighted by Gasteiger charge is 2.15. The average molecular weight is 632 g/mol. The SMILES string of the molecule is C=CC(=O)OCCN(CCOC(=O)C=C)c1ccc(/N=N/c2cc(OCC)c(Nc3ccc([N+](=O)[O-])cc3)cc2OCC)c(C)c1. The summed E-state index contributed by atoms with van der Waals surface area (Å²) in [5.74, 6) is -0.101. The Kier molecular flexibility index (Phi) is 13.3. The number of nitro benzene ring substituents is 1. The van der Waals surface area contributed by atoms with Gasteiger partial charge in [-0.3, -0.25) is 10.1 Å². The van der Waals surface area contributed by atoms with Crippen LogP contribution in [0.25, 0.3) is 0 Å². The van der Waals surface area contributed by atoms with Crippen molar-refractivity contribution >= 4 is 46.1 Å². The van der Waals surface area contributed by atoms with Gasteiger partial charge in [0.05, 0.1) is 42.6 Å². The highest BCUT2D eigenvalue weighted by molar-refractivity contribution is 5.81. The van der Waals surface area contributed by atoms with E-state index >= 15 is 0 Å². The predicted molar refractivity (Wildman–Crippen MR) is 175 cm³/mol. The molecule has 13 heteroatoms. The summed E-state index contributed by atoms with van der Waals surface area (Å²) in [5.41, 5.74) is 3.88. The first-order chi connectivity index (χ1) is 22.2. The van der Waals surface area contributed by atoms with E-state index in [-0.39, 0.29) is 18.9 Å². The minimum absolute atomic E-state index is 0.0135. The van der Waals surface area contributed by atoms with Crippen molar-refractivity contribution in [3.8, 4) is 11.5 Å². The number of nitrogens with zero attached hydrogens (tertiary/aromatic N) is 4. The van der Waals surface area contributed by atoms with Crippen molar-refractivity contribution in [3.63, 3.8) is 0 Å². The van der Waals surface area contributed by atoms with Gasteiger partial charge in [0.2, 0.25) is 0 Å². The summed E-state index contributed by atoms with van der Waals surface area (Å²) < 4.78 is 22.0. The second-order valence-corrected chi connectivity index (χ2v) is 9.51. The number of carbonyl (C=O) groups excluding carboxylic acids is 2. The van der Waals surface area contributed by atoms with E-state index in [0.29, 0.717) is 60.6 Å². The second kappa shape index (κ2) is 17.5. The maximum absolute atomic E-state index is 11.5. The molecule has 3 rings (SSSR count). The molecule has 3 aromatic carbocycles. The van der Waals surface area contributed by atoms with Gasteiger partial charge in [0.25, 0.3) is 5.69 Å². The Hall–Kier alpha value is -5.72. The largest absolute Gasteiger partial charge is 0.492 e. The molecule has 0 unspecified atom stereocenters. The topological polar surface area (TPSA) is 154 Å². The minimum atomic E-state index is -0.529. The van der Waals surface area contributed by atoms with E-state index in [0.717, 1.165) is 23.4 Å². The van der Waals surface area contributed by atoms with Crippen molar-refractivity contribution in [2.75, 3.05) is 49.7 Å². The van der Waals surface area contributed by atoms with Crippen molar-refractivity contribution in [2.45, 2.75) is 20.8 Å². The van der Waals surface area contributed by atoms with Gasteiger partial charge in [-0.25, -0.2) is 9.59 Å². The molecular formula is C33H37N5O8. The van der Waals surface area contributed by atoms with E-state index in [1.807, 2.05) is 37.8 Å². The number of carbonyl (C=O) groups is 2. The van der Waals surface area contributed by atoms with E-state index < -0.39 is 16.9 Å². The summed E-state index contributed by atoms with van der Waals surface area (Å²) in [4.78, 5) is 35.5. The van der Waals surface area contributed by atoms with Crippen LogP contribution in [0.15, 0.2) is 90.1 Å². The third-order valence-corrected chi connectivity index (χ3v) is 6.37. The molecule has 0 heterocycles. The van der Waals surface area contributed by atoms with E-state index in [2.05, 4.69) is 28.7 Å². The van der Waals surface area contributed by atoms with Gasteiger partial charge in [-0.05, 0) is 56.7 Å². The van der Waals surface area contributed by atoms with Gasteiger partial charge in [0.15, 0.2) is 0 Å². The Bertz CT molecular complexity index is 1550.